The molecule has 4 heteroatoms. The molecule has 0 aromatic rings. The molecule has 0 saturated heterocycles. The fraction of sp³-hybridized carbons (Fsp3) is 1.00. The van der Waals surface area contributed by atoms with Crippen LogP contribution in [0.1, 0.15) is 65.7 Å². The van der Waals surface area contributed by atoms with E-state index in [1.807, 2.05) is 0 Å². The van der Waals surface area contributed by atoms with Gasteiger partial charge in [0.25, 0.3) is 0 Å². The van der Waals surface area contributed by atoms with E-state index in [2.05, 4.69) is 20.8 Å². The van der Waals surface area contributed by atoms with Gasteiger partial charge in [-0.05, 0) is 55.3 Å². The SMILES string of the molecule is CC1CCC(C(C)(C)C2CCCC(S(C)(=O)=O)C2)C(O)C1. The van der Waals surface area contributed by atoms with E-state index in [9.17, 15) is 13.5 Å². The van der Waals surface area contributed by atoms with Crippen molar-refractivity contribution in [2.75, 3.05) is 6.26 Å². The minimum Gasteiger partial charge on any atom is -0.393 e. The monoisotopic (exact) mass is 316 g/mol. The van der Waals surface area contributed by atoms with Crippen LogP contribution in [-0.4, -0.2) is 31.1 Å². The molecule has 1 N–H and O–H groups in total. The van der Waals surface area contributed by atoms with Gasteiger partial charge in [0.1, 0.15) is 9.84 Å². The van der Waals surface area contributed by atoms with Crippen molar-refractivity contribution in [3.8, 4) is 0 Å². The highest BCUT2D eigenvalue weighted by Crippen LogP contribution is 2.49. The van der Waals surface area contributed by atoms with Crippen molar-refractivity contribution in [3.05, 3.63) is 0 Å². The first-order chi connectivity index (χ1) is 9.62. The van der Waals surface area contributed by atoms with Gasteiger partial charge in [-0.2, -0.15) is 0 Å². The molecular weight excluding hydrogens is 284 g/mol. The summed E-state index contributed by atoms with van der Waals surface area (Å²) in [6.07, 6.45) is 8.04. The molecule has 0 aromatic heterocycles. The van der Waals surface area contributed by atoms with Gasteiger partial charge in [0.05, 0.1) is 11.4 Å². The third-order valence-corrected chi connectivity index (χ3v) is 7.96. The average molecular weight is 317 g/mol. The molecule has 2 aliphatic carbocycles. The average Bonchev–Trinajstić information content (AvgIpc) is 2.37. The molecule has 0 radical (unpaired) electrons. The van der Waals surface area contributed by atoms with E-state index >= 15 is 0 Å². The highest BCUT2D eigenvalue weighted by molar-refractivity contribution is 7.91. The molecular formula is C17H32O3S. The first-order valence-electron chi connectivity index (χ1n) is 8.49. The van der Waals surface area contributed by atoms with Gasteiger partial charge in [-0.3, -0.25) is 0 Å². The fourth-order valence-corrected chi connectivity index (χ4v) is 5.91. The Morgan fingerprint density at radius 2 is 1.71 bits per heavy atom. The number of aliphatic hydroxyl groups excluding tert-OH is 1. The highest BCUT2D eigenvalue weighted by Gasteiger charge is 2.45. The van der Waals surface area contributed by atoms with Crippen molar-refractivity contribution < 1.29 is 13.5 Å². The molecule has 0 bridgehead atoms. The van der Waals surface area contributed by atoms with Crippen molar-refractivity contribution in [3.63, 3.8) is 0 Å². The predicted octanol–water partition coefficient (Wildman–Crippen LogP) is 3.41. The summed E-state index contributed by atoms with van der Waals surface area (Å²) in [7, 11) is -2.93. The lowest BCUT2D eigenvalue weighted by Crippen LogP contribution is -2.45. The Morgan fingerprint density at radius 1 is 1.05 bits per heavy atom. The van der Waals surface area contributed by atoms with E-state index in [4.69, 9.17) is 0 Å². The zero-order chi connectivity index (χ0) is 15.8. The third kappa shape index (κ3) is 3.82. The smallest absolute Gasteiger partial charge is 0.150 e. The van der Waals surface area contributed by atoms with Crippen molar-refractivity contribution >= 4 is 9.84 Å². The van der Waals surface area contributed by atoms with Gasteiger partial charge in [0.2, 0.25) is 0 Å². The molecule has 0 aromatic carbocycles. The molecule has 2 rings (SSSR count). The molecule has 3 nitrogen and oxygen atoms in total. The zero-order valence-electron chi connectivity index (χ0n) is 14.0. The predicted molar refractivity (Wildman–Crippen MR) is 86.9 cm³/mol. The molecule has 2 saturated carbocycles. The summed E-state index contributed by atoms with van der Waals surface area (Å²) in [6, 6.07) is 0. The maximum absolute atomic E-state index is 11.9. The van der Waals surface area contributed by atoms with Crippen LogP contribution in [0.3, 0.4) is 0 Å². The normalized spacial score (nSPS) is 39.2. The van der Waals surface area contributed by atoms with Crippen molar-refractivity contribution in [2.24, 2.45) is 23.2 Å². The number of rotatable bonds is 3. The van der Waals surface area contributed by atoms with Crippen LogP contribution in [0.4, 0.5) is 0 Å². The third-order valence-electron chi connectivity index (χ3n) is 6.32. The van der Waals surface area contributed by atoms with Crippen LogP contribution >= 0.6 is 0 Å². The van der Waals surface area contributed by atoms with Gasteiger partial charge >= 0.3 is 0 Å². The molecule has 0 spiro atoms. The lowest BCUT2D eigenvalue weighted by molar-refractivity contribution is -0.0452. The van der Waals surface area contributed by atoms with Gasteiger partial charge in [-0.15, -0.1) is 0 Å². The number of hydrogen-bond donors (Lipinski definition) is 1. The highest BCUT2D eigenvalue weighted by atomic mass is 32.2. The van der Waals surface area contributed by atoms with Crippen LogP contribution in [0.5, 0.6) is 0 Å². The second-order valence-electron chi connectivity index (χ2n) is 8.23. The van der Waals surface area contributed by atoms with E-state index in [0.29, 0.717) is 17.8 Å². The largest absolute Gasteiger partial charge is 0.393 e. The maximum Gasteiger partial charge on any atom is 0.150 e. The zero-order valence-corrected chi connectivity index (χ0v) is 14.8. The van der Waals surface area contributed by atoms with Crippen LogP contribution in [0, 0.1) is 23.2 Å². The van der Waals surface area contributed by atoms with E-state index in [0.717, 1.165) is 38.5 Å². The van der Waals surface area contributed by atoms with Crippen LogP contribution in [0.15, 0.2) is 0 Å². The standard InChI is InChI=1S/C17H32O3S/c1-12-8-9-15(16(18)10-12)17(2,3)13-6-5-7-14(11-13)21(4,19)20/h12-16,18H,5-11H2,1-4H3. The lowest BCUT2D eigenvalue weighted by atomic mass is 9.59. The van der Waals surface area contributed by atoms with Crippen molar-refractivity contribution in [1.82, 2.24) is 0 Å². The fourth-order valence-electron chi connectivity index (χ4n) is 4.73. The summed E-state index contributed by atoms with van der Waals surface area (Å²) < 4.78 is 23.8. The van der Waals surface area contributed by atoms with Gasteiger partial charge in [-0.1, -0.05) is 33.6 Å². The van der Waals surface area contributed by atoms with Crippen LogP contribution in [0.25, 0.3) is 0 Å². The van der Waals surface area contributed by atoms with Crippen molar-refractivity contribution in [1.29, 1.82) is 0 Å². The Hall–Kier alpha value is -0.0900. The summed E-state index contributed by atoms with van der Waals surface area (Å²) in [5, 5.41) is 10.3. The summed E-state index contributed by atoms with van der Waals surface area (Å²) in [6.45, 7) is 6.73. The number of sulfone groups is 1. The molecule has 0 aliphatic heterocycles. The van der Waals surface area contributed by atoms with E-state index in [1.54, 1.807) is 0 Å². The molecule has 0 amide bonds. The molecule has 21 heavy (non-hydrogen) atoms. The Labute approximate surface area is 130 Å². The van der Waals surface area contributed by atoms with E-state index in [-0.39, 0.29) is 16.8 Å². The molecule has 5 atom stereocenters. The Morgan fingerprint density at radius 3 is 2.29 bits per heavy atom. The number of aliphatic hydroxyl groups is 1. The maximum atomic E-state index is 11.9. The minimum atomic E-state index is -2.93. The molecule has 5 unspecified atom stereocenters. The molecule has 124 valence electrons. The molecule has 2 aliphatic rings. The summed E-state index contributed by atoms with van der Waals surface area (Å²) in [4.78, 5) is 0. The second kappa shape index (κ2) is 6.19. The van der Waals surface area contributed by atoms with Gasteiger partial charge in [0, 0.05) is 6.26 Å². The molecule has 0 heterocycles. The molecule has 2 fully saturated rings. The van der Waals surface area contributed by atoms with Gasteiger partial charge in [-0.25, -0.2) is 8.42 Å². The van der Waals surface area contributed by atoms with Crippen molar-refractivity contribution in [2.45, 2.75) is 77.1 Å². The second-order valence-corrected chi connectivity index (χ2v) is 10.6. The number of hydrogen-bond acceptors (Lipinski definition) is 3. The quantitative estimate of drug-likeness (QED) is 0.868. The van der Waals surface area contributed by atoms with Crippen LogP contribution in [0.2, 0.25) is 0 Å². The van der Waals surface area contributed by atoms with Gasteiger partial charge < -0.3 is 5.11 Å². The topological polar surface area (TPSA) is 54.4 Å². The van der Waals surface area contributed by atoms with Crippen LogP contribution < -0.4 is 0 Å². The first kappa shape index (κ1) is 17.3. The lowest BCUT2D eigenvalue weighted by Gasteiger charge is -2.48. The Kier molecular flexibility index (Phi) is 5.09. The minimum absolute atomic E-state index is 0.0307. The van der Waals surface area contributed by atoms with Crippen LogP contribution in [-0.2, 0) is 9.84 Å². The summed E-state index contributed by atoms with van der Waals surface area (Å²) in [5.41, 5.74) is 0.0307. The Balaban J connectivity index is 2.11. The first-order valence-corrected chi connectivity index (χ1v) is 10.4. The van der Waals surface area contributed by atoms with E-state index < -0.39 is 9.84 Å². The van der Waals surface area contributed by atoms with Gasteiger partial charge in [0.15, 0.2) is 0 Å². The van der Waals surface area contributed by atoms with E-state index in [1.165, 1.54) is 12.7 Å². The summed E-state index contributed by atoms with van der Waals surface area (Å²) >= 11 is 0. The summed E-state index contributed by atoms with van der Waals surface area (Å²) in [5.74, 6) is 1.35. The Bertz CT molecular complexity index is 455.